The summed E-state index contributed by atoms with van der Waals surface area (Å²) in [5, 5.41) is 5.67. The molecule has 0 spiro atoms. The minimum atomic E-state index is -0.426. The molecular weight excluding hydrogens is 302 g/mol. The molecule has 0 saturated heterocycles. The van der Waals surface area contributed by atoms with E-state index in [1.807, 2.05) is 31.2 Å². The number of esters is 1. The summed E-state index contributed by atoms with van der Waals surface area (Å²) in [6.07, 6.45) is 0. The molecule has 0 aliphatic rings. The van der Waals surface area contributed by atoms with Crippen molar-refractivity contribution in [2.24, 2.45) is 0 Å². The lowest BCUT2D eigenvalue weighted by Crippen LogP contribution is -2.19. The number of rotatable bonds is 4. The number of urea groups is 1. The van der Waals surface area contributed by atoms with Gasteiger partial charge in [-0.25, -0.2) is 14.6 Å². The normalized spacial score (nSPS) is 10.1. The maximum absolute atomic E-state index is 11.9. The second kappa shape index (κ2) is 7.04. The fourth-order valence-corrected chi connectivity index (χ4v) is 2.59. The van der Waals surface area contributed by atoms with E-state index in [2.05, 4.69) is 15.6 Å². The molecule has 1 aromatic carbocycles. The van der Waals surface area contributed by atoms with Crippen LogP contribution in [-0.4, -0.2) is 23.6 Å². The van der Waals surface area contributed by atoms with E-state index in [4.69, 9.17) is 4.74 Å². The van der Waals surface area contributed by atoms with E-state index in [9.17, 15) is 9.59 Å². The molecular formula is C15H17N3O3S. The second-order valence-electron chi connectivity index (χ2n) is 4.60. The van der Waals surface area contributed by atoms with Gasteiger partial charge >= 0.3 is 12.0 Å². The molecule has 0 aliphatic heterocycles. The van der Waals surface area contributed by atoms with Crippen LogP contribution in [0.1, 0.15) is 27.9 Å². The van der Waals surface area contributed by atoms with E-state index in [1.165, 1.54) is 0 Å². The Labute approximate surface area is 132 Å². The molecule has 2 N–H and O–H groups in total. The first-order valence-corrected chi connectivity index (χ1v) is 7.60. The average Bonchev–Trinajstić information content (AvgIpc) is 2.82. The molecule has 22 heavy (non-hydrogen) atoms. The van der Waals surface area contributed by atoms with Crippen LogP contribution in [0.3, 0.4) is 0 Å². The zero-order chi connectivity index (χ0) is 16.1. The van der Waals surface area contributed by atoms with Crippen LogP contribution >= 0.6 is 11.3 Å². The summed E-state index contributed by atoms with van der Waals surface area (Å²) in [5.74, 6) is -0.426. The molecule has 1 heterocycles. The number of thiazole rings is 1. The lowest BCUT2D eigenvalue weighted by molar-refractivity contribution is 0.0531. The third-order valence-electron chi connectivity index (χ3n) is 2.79. The Morgan fingerprint density at radius 2 is 1.86 bits per heavy atom. The van der Waals surface area contributed by atoms with Crippen molar-refractivity contribution in [2.45, 2.75) is 20.8 Å². The van der Waals surface area contributed by atoms with Crippen molar-refractivity contribution in [3.8, 4) is 0 Å². The van der Waals surface area contributed by atoms with Crippen molar-refractivity contribution in [1.29, 1.82) is 0 Å². The molecule has 0 radical (unpaired) electrons. The molecule has 2 aromatic rings. The van der Waals surface area contributed by atoms with Crippen LogP contribution < -0.4 is 10.6 Å². The van der Waals surface area contributed by atoms with Crippen molar-refractivity contribution in [2.75, 3.05) is 17.2 Å². The smallest absolute Gasteiger partial charge is 0.350 e. The quantitative estimate of drug-likeness (QED) is 0.844. The Hall–Kier alpha value is -2.41. The summed E-state index contributed by atoms with van der Waals surface area (Å²) >= 11 is 1.09. The lowest BCUT2D eigenvalue weighted by Gasteiger charge is -2.05. The van der Waals surface area contributed by atoms with Gasteiger partial charge in [-0.3, -0.25) is 5.32 Å². The number of hydrogen-bond donors (Lipinski definition) is 2. The summed E-state index contributed by atoms with van der Waals surface area (Å²) < 4.78 is 4.94. The van der Waals surface area contributed by atoms with Crippen molar-refractivity contribution in [1.82, 2.24) is 4.98 Å². The van der Waals surface area contributed by atoms with Crippen LogP contribution in [0.5, 0.6) is 0 Å². The van der Waals surface area contributed by atoms with Gasteiger partial charge in [0.1, 0.15) is 4.88 Å². The van der Waals surface area contributed by atoms with E-state index in [0.29, 0.717) is 28.0 Å². The number of carbonyl (C=O) groups is 2. The standard InChI is InChI=1S/C15H17N3O3S/c1-4-21-13(19)12-10(3)16-15(22-12)18-14(20)17-11-7-5-9(2)6-8-11/h5-8H,4H2,1-3H3,(H2,16,17,18,20). The van der Waals surface area contributed by atoms with Crippen molar-refractivity contribution in [3.63, 3.8) is 0 Å². The summed E-state index contributed by atoms with van der Waals surface area (Å²) in [6.45, 7) is 5.71. The summed E-state index contributed by atoms with van der Waals surface area (Å²) in [4.78, 5) is 28.2. The molecule has 2 rings (SSSR count). The van der Waals surface area contributed by atoms with Gasteiger partial charge < -0.3 is 10.1 Å². The monoisotopic (exact) mass is 319 g/mol. The van der Waals surface area contributed by atoms with Gasteiger partial charge in [0.25, 0.3) is 0 Å². The number of benzene rings is 1. The molecule has 0 aliphatic carbocycles. The van der Waals surface area contributed by atoms with Gasteiger partial charge in [0.15, 0.2) is 5.13 Å². The Balaban J connectivity index is 2.01. The number of nitrogens with one attached hydrogen (secondary N) is 2. The third kappa shape index (κ3) is 4.05. The van der Waals surface area contributed by atoms with Gasteiger partial charge in [0.05, 0.1) is 12.3 Å². The molecule has 1 aromatic heterocycles. The molecule has 0 unspecified atom stereocenters. The van der Waals surface area contributed by atoms with Gasteiger partial charge in [-0.05, 0) is 32.9 Å². The Morgan fingerprint density at radius 1 is 1.18 bits per heavy atom. The molecule has 0 saturated carbocycles. The van der Waals surface area contributed by atoms with Crippen LogP contribution in [0.15, 0.2) is 24.3 Å². The van der Waals surface area contributed by atoms with Crippen molar-refractivity contribution in [3.05, 3.63) is 40.4 Å². The number of hydrogen-bond acceptors (Lipinski definition) is 5. The Bertz CT molecular complexity index is 680. The highest BCUT2D eigenvalue weighted by Gasteiger charge is 2.17. The maximum Gasteiger partial charge on any atom is 0.350 e. The number of aromatic nitrogens is 1. The fourth-order valence-electron chi connectivity index (χ4n) is 1.73. The first-order valence-electron chi connectivity index (χ1n) is 6.78. The SMILES string of the molecule is CCOC(=O)c1sc(NC(=O)Nc2ccc(C)cc2)nc1C. The molecule has 6 nitrogen and oxygen atoms in total. The molecule has 116 valence electrons. The van der Waals surface area contributed by atoms with Gasteiger partial charge in [0, 0.05) is 5.69 Å². The third-order valence-corrected chi connectivity index (χ3v) is 3.84. The molecule has 0 bridgehead atoms. The van der Waals surface area contributed by atoms with E-state index >= 15 is 0 Å². The highest BCUT2D eigenvalue weighted by Crippen LogP contribution is 2.23. The highest BCUT2D eigenvalue weighted by molar-refractivity contribution is 7.17. The summed E-state index contributed by atoms with van der Waals surface area (Å²) in [7, 11) is 0. The van der Waals surface area contributed by atoms with Crippen LogP contribution in [0.2, 0.25) is 0 Å². The number of nitrogens with zero attached hydrogens (tertiary/aromatic N) is 1. The van der Waals surface area contributed by atoms with Crippen molar-refractivity contribution < 1.29 is 14.3 Å². The zero-order valence-corrected chi connectivity index (χ0v) is 13.4. The van der Waals surface area contributed by atoms with Gasteiger partial charge in [-0.15, -0.1) is 0 Å². The largest absolute Gasteiger partial charge is 0.462 e. The minimum Gasteiger partial charge on any atom is -0.462 e. The van der Waals surface area contributed by atoms with Gasteiger partial charge in [-0.1, -0.05) is 29.0 Å². The fraction of sp³-hybridized carbons (Fsp3) is 0.267. The Morgan fingerprint density at radius 3 is 2.50 bits per heavy atom. The average molecular weight is 319 g/mol. The number of ether oxygens (including phenoxy) is 1. The second-order valence-corrected chi connectivity index (χ2v) is 5.60. The number of carbonyl (C=O) groups excluding carboxylic acids is 2. The highest BCUT2D eigenvalue weighted by atomic mass is 32.1. The lowest BCUT2D eigenvalue weighted by atomic mass is 10.2. The number of anilines is 2. The topological polar surface area (TPSA) is 80.3 Å². The number of amides is 2. The Kier molecular flexibility index (Phi) is 5.11. The molecule has 0 atom stereocenters. The van der Waals surface area contributed by atoms with Crippen LogP contribution in [0.4, 0.5) is 15.6 Å². The summed E-state index contributed by atoms with van der Waals surface area (Å²) in [5.41, 5.74) is 2.33. The predicted molar refractivity (Wildman–Crippen MR) is 86.6 cm³/mol. The van der Waals surface area contributed by atoms with Crippen molar-refractivity contribution >= 4 is 34.2 Å². The maximum atomic E-state index is 11.9. The van der Waals surface area contributed by atoms with Gasteiger partial charge in [0.2, 0.25) is 0 Å². The van der Waals surface area contributed by atoms with Crippen LogP contribution in [0, 0.1) is 13.8 Å². The zero-order valence-electron chi connectivity index (χ0n) is 12.6. The van der Waals surface area contributed by atoms with Crippen LogP contribution in [0.25, 0.3) is 0 Å². The summed E-state index contributed by atoms with van der Waals surface area (Å²) in [6, 6.07) is 7.02. The van der Waals surface area contributed by atoms with E-state index in [1.54, 1.807) is 13.8 Å². The van der Waals surface area contributed by atoms with Crippen LogP contribution in [-0.2, 0) is 4.74 Å². The van der Waals surface area contributed by atoms with E-state index < -0.39 is 12.0 Å². The molecule has 2 amide bonds. The van der Waals surface area contributed by atoms with Gasteiger partial charge in [-0.2, -0.15) is 0 Å². The van der Waals surface area contributed by atoms with E-state index in [-0.39, 0.29) is 0 Å². The minimum absolute atomic E-state index is 0.298. The number of aryl methyl sites for hydroxylation is 2. The first kappa shape index (κ1) is 16.0. The molecule has 0 fully saturated rings. The van der Waals surface area contributed by atoms with E-state index in [0.717, 1.165) is 16.9 Å². The first-order chi connectivity index (χ1) is 10.5. The predicted octanol–water partition coefficient (Wildman–Crippen LogP) is 3.58. The molecule has 7 heteroatoms.